The number of hydrogen-bond acceptors (Lipinski definition) is 2. The van der Waals surface area contributed by atoms with Crippen molar-refractivity contribution in [2.24, 2.45) is 0 Å². The van der Waals surface area contributed by atoms with E-state index in [1.54, 1.807) is 6.08 Å². The Balaban J connectivity index is 3.62. The minimum absolute atomic E-state index is 0.241. The number of rotatable bonds is 13. The highest BCUT2D eigenvalue weighted by molar-refractivity contribution is 5.66. The van der Waals surface area contributed by atoms with E-state index in [9.17, 15) is 9.90 Å². The first-order valence-corrected chi connectivity index (χ1v) is 8.36. The molecule has 0 aromatic rings. The van der Waals surface area contributed by atoms with Gasteiger partial charge in [0.15, 0.2) is 0 Å². The van der Waals surface area contributed by atoms with Crippen molar-refractivity contribution in [2.45, 2.75) is 58.0 Å². The quantitative estimate of drug-likeness (QED) is 0.286. The van der Waals surface area contributed by atoms with Gasteiger partial charge in [-0.25, -0.2) is 0 Å². The summed E-state index contributed by atoms with van der Waals surface area (Å²) in [4.78, 5) is 10.3. The summed E-state index contributed by atoms with van der Waals surface area (Å²) in [5, 5.41) is 18.0. The average molecular weight is 318 g/mol. The molecule has 128 valence electrons. The lowest BCUT2D eigenvalue weighted by molar-refractivity contribution is -0.137. The minimum atomic E-state index is -0.730. The summed E-state index contributed by atoms with van der Waals surface area (Å²) in [6, 6.07) is 0. The maximum Gasteiger partial charge on any atom is 0.303 e. The highest BCUT2D eigenvalue weighted by Crippen LogP contribution is 1.99. The minimum Gasteiger partial charge on any atom is -0.481 e. The normalized spacial score (nSPS) is 14.2. The standard InChI is InChI=1S/C20H30O3/c1-2-16-19(21)17-14-12-10-8-6-4-3-5-7-9-11-13-15-18-20(22)23/h3,5-6,8-12,14,17,19,21H,2,4,7,13,15-16,18H2,1H3,(H,22,23)/b5-3-,8-6-,11-9-,12-10+,17-14+/t19-/m0/s1. The van der Waals surface area contributed by atoms with E-state index in [2.05, 4.69) is 31.2 Å². The van der Waals surface area contributed by atoms with E-state index in [1.807, 2.05) is 30.4 Å². The number of unbranched alkanes of at least 4 members (excludes halogenated alkanes) is 1. The number of aliphatic carboxylic acids is 1. The van der Waals surface area contributed by atoms with Gasteiger partial charge in [-0.15, -0.1) is 0 Å². The summed E-state index contributed by atoms with van der Waals surface area (Å²) in [5.41, 5.74) is 0. The van der Waals surface area contributed by atoms with Gasteiger partial charge in [0.25, 0.3) is 0 Å². The second kappa shape index (κ2) is 16.5. The van der Waals surface area contributed by atoms with E-state index < -0.39 is 5.97 Å². The molecule has 0 rings (SSSR count). The number of hydrogen-bond donors (Lipinski definition) is 2. The van der Waals surface area contributed by atoms with E-state index in [4.69, 9.17) is 5.11 Å². The molecule has 0 aliphatic heterocycles. The predicted molar refractivity (Wildman–Crippen MR) is 97.3 cm³/mol. The zero-order valence-electron chi connectivity index (χ0n) is 14.1. The third kappa shape index (κ3) is 18.1. The van der Waals surface area contributed by atoms with Crippen LogP contribution in [0.2, 0.25) is 0 Å². The van der Waals surface area contributed by atoms with Crippen molar-refractivity contribution in [1.29, 1.82) is 0 Å². The molecule has 0 saturated carbocycles. The number of carboxylic acid groups (broad SMARTS) is 1. The largest absolute Gasteiger partial charge is 0.481 e. The topological polar surface area (TPSA) is 57.5 Å². The summed E-state index contributed by atoms with van der Waals surface area (Å²) < 4.78 is 0. The number of aliphatic hydroxyl groups excluding tert-OH is 1. The average Bonchev–Trinajstić information content (AvgIpc) is 2.51. The van der Waals surface area contributed by atoms with Crippen molar-refractivity contribution in [1.82, 2.24) is 0 Å². The molecule has 0 aromatic carbocycles. The van der Waals surface area contributed by atoms with E-state index in [0.29, 0.717) is 6.42 Å². The Labute approximate surface area is 140 Å². The van der Waals surface area contributed by atoms with Crippen LogP contribution in [0.1, 0.15) is 51.9 Å². The Kier molecular flexibility index (Phi) is 15.2. The third-order valence-corrected chi connectivity index (χ3v) is 3.03. The Morgan fingerprint density at radius 3 is 2.30 bits per heavy atom. The third-order valence-electron chi connectivity index (χ3n) is 3.03. The van der Waals surface area contributed by atoms with Gasteiger partial charge in [-0.2, -0.15) is 0 Å². The molecule has 0 radical (unpaired) electrons. The van der Waals surface area contributed by atoms with Crippen LogP contribution in [-0.2, 0) is 4.79 Å². The molecule has 0 bridgehead atoms. The van der Waals surface area contributed by atoms with Gasteiger partial charge in [0, 0.05) is 6.42 Å². The van der Waals surface area contributed by atoms with Crippen LogP contribution in [0.3, 0.4) is 0 Å². The van der Waals surface area contributed by atoms with Gasteiger partial charge in [0.05, 0.1) is 6.10 Å². The van der Waals surface area contributed by atoms with Crippen LogP contribution in [0.5, 0.6) is 0 Å². The van der Waals surface area contributed by atoms with Gasteiger partial charge in [-0.1, -0.05) is 74.1 Å². The Hall–Kier alpha value is -1.87. The number of allylic oxidation sites excluding steroid dienone is 9. The molecule has 3 nitrogen and oxygen atoms in total. The summed E-state index contributed by atoms with van der Waals surface area (Å²) >= 11 is 0. The van der Waals surface area contributed by atoms with Crippen LogP contribution in [0.25, 0.3) is 0 Å². The van der Waals surface area contributed by atoms with E-state index >= 15 is 0 Å². The van der Waals surface area contributed by atoms with E-state index in [-0.39, 0.29) is 12.5 Å². The maximum atomic E-state index is 10.3. The number of carbonyl (C=O) groups is 1. The molecule has 0 aliphatic rings. The molecule has 1 atom stereocenters. The number of aliphatic hydroxyl groups is 1. The fourth-order valence-electron chi connectivity index (χ4n) is 1.80. The second-order valence-corrected chi connectivity index (χ2v) is 5.25. The molecule has 0 spiro atoms. The first kappa shape index (κ1) is 21.1. The molecule has 0 amide bonds. The molecular weight excluding hydrogens is 288 g/mol. The van der Waals surface area contributed by atoms with Gasteiger partial charge < -0.3 is 10.2 Å². The first-order valence-electron chi connectivity index (χ1n) is 8.36. The van der Waals surface area contributed by atoms with Crippen LogP contribution in [0, 0.1) is 0 Å². The molecule has 0 aliphatic carbocycles. The molecule has 0 fully saturated rings. The van der Waals surface area contributed by atoms with Crippen LogP contribution < -0.4 is 0 Å². The molecule has 2 N–H and O–H groups in total. The van der Waals surface area contributed by atoms with Gasteiger partial charge in [-0.05, 0) is 32.1 Å². The Morgan fingerprint density at radius 2 is 1.61 bits per heavy atom. The summed E-state index contributed by atoms with van der Waals surface area (Å²) in [5.74, 6) is -0.730. The predicted octanol–water partition coefficient (Wildman–Crippen LogP) is 4.96. The zero-order valence-corrected chi connectivity index (χ0v) is 14.1. The first-order chi connectivity index (χ1) is 11.2. The fraction of sp³-hybridized carbons (Fsp3) is 0.450. The molecule has 0 aromatic heterocycles. The molecule has 23 heavy (non-hydrogen) atoms. The summed E-state index contributed by atoms with van der Waals surface area (Å²) in [6.07, 6.45) is 24.9. The lowest BCUT2D eigenvalue weighted by Gasteiger charge is -1.99. The van der Waals surface area contributed by atoms with Gasteiger partial charge in [0.2, 0.25) is 0 Å². The molecule has 0 unspecified atom stereocenters. The Morgan fingerprint density at radius 1 is 0.957 bits per heavy atom. The van der Waals surface area contributed by atoms with E-state index in [1.165, 1.54) is 0 Å². The smallest absolute Gasteiger partial charge is 0.303 e. The van der Waals surface area contributed by atoms with Crippen molar-refractivity contribution >= 4 is 5.97 Å². The van der Waals surface area contributed by atoms with Gasteiger partial charge >= 0.3 is 5.97 Å². The van der Waals surface area contributed by atoms with Crippen LogP contribution in [0.15, 0.2) is 60.8 Å². The van der Waals surface area contributed by atoms with Crippen molar-refractivity contribution in [3.8, 4) is 0 Å². The van der Waals surface area contributed by atoms with Crippen LogP contribution >= 0.6 is 0 Å². The monoisotopic (exact) mass is 318 g/mol. The second-order valence-electron chi connectivity index (χ2n) is 5.25. The van der Waals surface area contributed by atoms with E-state index in [0.717, 1.165) is 32.1 Å². The lowest BCUT2D eigenvalue weighted by atomic mass is 10.2. The van der Waals surface area contributed by atoms with Crippen molar-refractivity contribution < 1.29 is 15.0 Å². The van der Waals surface area contributed by atoms with Crippen LogP contribution in [-0.4, -0.2) is 22.3 Å². The van der Waals surface area contributed by atoms with Crippen molar-refractivity contribution in [3.05, 3.63) is 60.8 Å². The highest BCUT2D eigenvalue weighted by Gasteiger charge is 1.93. The number of carboxylic acids is 1. The summed E-state index contributed by atoms with van der Waals surface area (Å²) in [6.45, 7) is 2.05. The fourth-order valence-corrected chi connectivity index (χ4v) is 1.80. The Bertz CT molecular complexity index is 428. The van der Waals surface area contributed by atoms with Gasteiger partial charge in [-0.3, -0.25) is 4.79 Å². The van der Waals surface area contributed by atoms with Crippen molar-refractivity contribution in [2.75, 3.05) is 0 Å². The molecule has 0 heterocycles. The SMILES string of the molecule is CCC[C@H](O)/C=C/C=C/C=C\C/C=C\C/C=C\CCCC(=O)O. The molecule has 0 saturated heterocycles. The molecular formula is C20H30O3. The zero-order chi connectivity index (χ0) is 17.2. The molecule has 3 heteroatoms. The van der Waals surface area contributed by atoms with Crippen molar-refractivity contribution in [3.63, 3.8) is 0 Å². The van der Waals surface area contributed by atoms with Crippen LogP contribution in [0.4, 0.5) is 0 Å². The van der Waals surface area contributed by atoms with Gasteiger partial charge in [0.1, 0.15) is 0 Å². The lowest BCUT2D eigenvalue weighted by Crippen LogP contribution is -1.99. The maximum absolute atomic E-state index is 10.3. The highest BCUT2D eigenvalue weighted by atomic mass is 16.4. The summed E-state index contributed by atoms with van der Waals surface area (Å²) in [7, 11) is 0.